The topological polar surface area (TPSA) is 54.2 Å². The zero-order chi connectivity index (χ0) is 18.2. The Bertz CT molecular complexity index is 703. The van der Waals surface area contributed by atoms with E-state index in [1.165, 1.54) is 23.4 Å². The third-order valence-corrected chi connectivity index (χ3v) is 4.30. The number of nitrogens with zero attached hydrogens (tertiary/aromatic N) is 3. The van der Waals surface area contributed by atoms with Crippen molar-refractivity contribution in [3.8, 4) is 0 Å². The predicted octanol–water partition coefficient (Wildman–Crippen LogP) is 2.59. The van der Waals surface area contributed by atoms with Gasteiger partial charge in [-0.2, -0.15) is 5.10 Å². The second kappa shape index (κ2) is 9.20. The van der Waals surface area contributed by atoms with Crippen LogP contribution in [0.4, 0.5) is 4.39 Å². The monoisotopic (exact) mass is 345 g/mol. The largest absolute Gasteiger partial charge is 0.356 e. The lowest BCUT2D eigenvalue weighted by atomic mass is 10.1. The molecule has 2 rings (SSSR count). The van der Waals surface area contributed by atoms with Crippen molar-refractivity contribution in [1.82, 2.24) is 20.4 Å². The van der Waals surface area contributed by atoms with E-state index in [9.17, 15) is 4.39 Å². The molecule has 0 amide bonds. The van der Waals surface area contributed by atoms with Crippen molar-refractivity contribution < 1.29 is 4.39 Å². The van der Waals surface area contributed by atoms with Crippen molar-refractivity contribution in [1.29, 1.82) is 0 Å². The van der Waals surface area contributed by atoms with E-state index < -0.39 is 0 Å². The minimum atomic E-state index is -0.205. The van der Waals surface area contributed by atoms with E-state index in [2.05, 4.69) is 34.6 Å². The molecule has 0 aliphatic carbocycles. The molecule has 0 fully saturated rings. The molecule has 5 nitrogen and oxygen atoms in total. The van der Waals surface area contributed by atoms with Crippen molar-refractivity contribution >= 4 is 5.96 Å². The molecule has 0 aliphatic rings. The van der Waals surface area contributed by atoms with Crippen molar-refractivity contribution in [3.05, 3.63) is 52.6 Å². The van der Waals surface area contributed by atoms with E-state index in [-0.39, 0.29) is 5.82 Å². The van der Waals surface area contributed by atoms with Gasteiger partial charge in [0, 0.05) is 38.4 Å². The molecule has 0 aliphatic heterocycles. The van der Waals surface area contributed by atoms with Crippen LogP contribution < -0.4 is 10.6 Å². The Labute approximate surface area is 149 Å². The molecule has 1 aromatic heterocycles. The molecular weight excluding hydrogens is 317 g/mol. The Morgan fingerprint density at radius 2 is 1.88 bits per heavy atom. The van der Waals surface area contributed by atoms with E-state index in [1.54, 1.807) is 7.05 Å². The fourth-order valence-electron chi connectivity index (χ4n) is 2.96. The van der Waals surface area contributed by atoms with Gasteiger partial charge in [-0.05, 0) is 37.0 Å². The first-order valence-corrected chi connectivity index (χ1v) is 8.81. The molecule has 0 bridgehead atoms. The Hall–Kier alpha value is -2.37. The maximum Gasteiger partial charge on any atom is 0.191 e. The standard InChI is InChI=1S/C19H28FN5/c1-5-17-16(18(6-2)25(4)24-17)13-23-19(21-3)22-12-11-14-7-9-15(20)10-8-14/h7-10H,5-6,11-13H2,1-4H3,(H2,21,22,23). The van der Waals surface area contributed by atoms with E-state index in [0.29, 0.717) is 6.54 Å². The number of rotatable bonds is 7. The van der Waals surface area contributed by atoms with Gasteiger partial charge in [0.1, 0.15) is 5.82 Å². The van der Waals surface area contributed by atoms with Gasteiger partial charge in [-0.1, -0.05) is 26.0 Å². The molecule has 0 saturated heterocycles. The second-order valence-corrected chi connectivity index (χ2v) is 5.93. The normalized spacial score (nSPS) is 11.6. The van der Waals surface area contributed by atoms with Crippen molar-refractivity contribution in [3.63, 3.8) is 0 Å². The molecule has 2 aromatic rings. The van der Waals surface area contributed by atoms with Gasteiger partial charge in [-0.25, -0.2) is 4.39 Å². The van der Waals surface area contributed by atoms with Crippen LogP contribution in [0.5, 0.6) is 0 Å². The average Bonchev–Trinajstić information content (AvgIpc) is 2.94. The van der Waals surface area contributed by atoms with Gasteiger partial charge in [-0.15, -0.1) is 0 Å². The molecule has 0 unspecified atom stereocenters. The smallest absolute Gasteiger partial charge is 0.191 e. The summed E-state index contributed by atoms with van der Waals surface area (Å²) in [6.07, 6.45) is 2.69. The van der Waals surface area contributed by atoms with Crippen LogP contribution in [0.2, 0.25) is 0 Å². The predicted molar refractivity (Wildman–Crippen MR) is 100 cm³/mol. The van der Waals surface area contributed by atoms with Crippen LogP contribution in [0.15, 0.2) is 29.3 Å². The summed E-state index contributed by atoms with van der Waals surface area (Å²) in [5.74, 6) is 0.555. The van der Waals surface area contributed by atoms with Gasteiger partial charge in [-0.3, -0.25) is 9.67 Å². The van der Waals surface area contributed by atoms with Crippen LogP contribution >= 0.6 is 0 Å². The Morgan fingerprint density at radius 1 is 1.16 bits per heavy atom. The molecule has 0 spiro atoms. The molecule has 0 radical (unpaired) electrons. The number of guanidine groups is 1. The van der Waals surface area contributed by atoms with Gasteiger partial charge in [0.2, 0.25) is 0 Å². The third kappa shape index (κ3) is 5.05. The van der Waals surface area contributed by atoms with Gasteiger partial charge < -0.3 is 10.6 Å². The molecule has 25 heavy (non-hydrogen) atoms. The highest BCUT2D eigenvalue weighted by molar-refractivity contribution is 5.79. The van der Waals surface area contributed by atoms with Crippen LogP contribution in [0.3, 0.4) is 0 Å². The minimum Gasteiger partial charge on any atom is -0.356 e. The average molecular weight is 345 g/mol. The summed E-state index contributed by atoms with van der Waals surface area (Å²) in [6, 6.07) is 6.60. The van der Waals surface area contributed by atoms with Crippen LogP contribution in [0.1, 0.15) is 36.4 Å². The molecule has 136 valence electrons. The van der Waals surface area contributed by atoms with E-state index >= 15 is 0 Å². The summed E-state index contributed by atoms with van der Waals surface area (Å²) in [7, 11) is 3.76. The third-order valence-electron chi connectivity index (χ3n) is 4.30. The van der Waals surface area contributed by atoms with E-state index in [4.69, 9.17) is 0 Å². The summed E-state index contributed by atoms with van der Waals surface area (Å²) in [5, 5.41) is 11.3. The van der Waals surface area contributed by atoms with Crippen LogP contribution in [-0.2, 0) is 32.9 Å². The number of aromatic nitrogens is 2. The molecular formula is C19H28FN5. The van der Waals surface area contributed by atoms with Crippen molar-refractivity contribution in [2.75, 3.05) is 13.6 Å². The lowest BCUT2D eigenvalue weighted by Gasteiger charge is -2.13. The lowest BCUT2D eigenvalue weighted by Crippen LogP contribution is -2.38. The summed E-state index contributed by atoms with van der Waals surface area (Å²) in [5.41, 5.74) is 4.74. The maximum atomic E-state index is 12.9. The number of hydrogen-bond acceptors (Lipinski definition) is 2. The number of aliphatic imine (C=N–C) groups is 1. The summed E-state index contributed by atoms with van der Waals surface area (Å²) < 4.78 is 14.9. The van der Waals surface area contributed by atoms with Gasteiger partial charge in [0.25, 0.3) is 0 Å². The first-order valence-electron chi connectivity index (χ1n) is 8.81. The highest BCUT2D eigenvalue weighted by Crippen LogP contribution is 2.15. The van der Waals surface area contributed by atoms with Gasteiger partial charge in [0.15, 0.2) is 5.96 Å². The number of halogens is 1. The SMILES string of the molecule is CCc1nn(C)c(CC)c1CNC(=NC)NCCc1ccc(F)cc1. The molecule has 0 atom stereocenters. The van der Waals surface area contributed by atoms with Crippen LogP contribution in [0, 0.1) is 5.82 Å². The van der Waals surface area contributed by atoms with Crippen LogP contribution in [0.25, 0.3) is 0 Å². The fraction of sp³-hybridized carbons (Fsp3) is 0.474. The highest BCUT2D eigenvalue weighted by atomic mass is 19.1. The van der Waals surface area contributed by atoms with Gasteiger partial charge in [0.05, 0.1) is 5.69 Å². The first kappa shape index (κ1) is 19.0. The van der Waals surface area contributed by atoms with Crippen molar-refractivity contribution in [2.45, 2.75) is 39.7 Å². The summed E-state index contributed by atoms with van der Waals surface area (Å²) in [4.78, 5) is 4.27. The maximum absolute atomic E-state index is 12.9. The Balaban J connectivity index is 1.89. The van der Waals surface area contributed by atoms with E-state index in [0.717, 1.165) is 43.0 Å². The number of benzene rings is 1. The Morgan fingerprint density at radius 3 is 2.48 bits per heavy atom. The zero-order valence-electron chi connectivity index (χ0n) is 15.6. The summed E-state index contributed by atoms with van der Waals surface area (Å²) >= 11 is 0. The molecule has 0 saturated carbocycles. The molecule has 2 N–H and O–H groups in total. The fourth-order valence-corrected chi connectivity index (χ4v) is 2.96. The van der Waals surface area contributed by atoms with Crippen LogP contribution in [-0.4, -0.2) is 29.3 Å². The Kier molecular flexibility index (Phi) is 6.98. The summed E-state index contributed by atoms with van der Waals surface area (Å²) in [6.45, 7) is 5.72. The van der Waals surface area contributed by atoms with E-state index in [1.807, 2.05) is 23.9 Å². The van der Waals surface area contributed by atoms with Gasteiger partial charge >= 0.3 is 0 Å². The molecule has 1 heterocycles. The van der Waals surface area contributed by atoms with Crippen molar-refractivity contribution in [2.24, 2.45) is 12.0 Å². The molecule has 1 aromatic carbocycles. The highest BCUT2D eigenvalue weighted by Gasteiger charge is 2.13. The number of hydrogen-bond donors (Lipinski definition) is 2. The lowest BCUT2D eigenvalue weighted by molar-refractivity contribution is 0.626. The number of aryl methyl sites for hydroxylation is 2. The zero-order valence-corrected chi connectivity index (χ0v) is 15.6. The number of nitrogens with one attached hydrogen (secondary N) is 2. The minimum absolute atomic E-state index is 0.205. The first-order chi connectivity index (χ1) is 12.1. The molecule has 6 heteroatoms. The quantitative estimate of drug-likeness (QED) is 0.599. The second-order valence-electron chi connectivity index (χ2n) is 5.93.